The van der Waals surface area contributed by atoms with Gasteiger partial charge in [-0.2, -0.15) is 0 Å². The Morgan fingerprint density at radius 2 is 2.00 bits per heavy atom. The standard InChI is InChI=1S/C16H13ClN2O3/c17-14-6-3-4-12(10-14)11-18-16(20)9-8-13-5-1-2-7-15(13)19(21)22/h1-10H,11H2,(H,18,20)/b9-8+. The van der Waals surface area contributed by atoms with Crippen molar-refractivity contribution in [3.8, 4) is 0 Å². The second-order valence-corrected chi connectivity index (χ2v) is 4.93. The minimum Gasteiger partial charge on any atom is -0.348 e. The number of para-hydroxylation sites is 1. The summed E-state index contributed by atoms with van der Waals surface area (Å²) in [5, 5.41) is 14.2. The summed E-state index contributed by atoms with van der Waals surface area (Å²) in [6.45, 7) is 0.334. The maximum Gasteiger partial charge on any atom is 0.276 e. The van der Waals surface area contributed by atoms with Gasteiger partial charge in [0.05, 0.1) is 10.5 Å². The van der Waals surface area contributed by atoms with Crippen molar-refractivity contribution in [3.63, 3.8) is 0 Å². The fourth-order valence-corrected chi connectivity index (χ4v) is 2.07. The number of hydrogen-bond donors (Lipinski definition) is 1. The molecule has 2 rings (SSSR count). The molecule has 0 saturated heterocycles. The molecule has 1 N–H and O–H groups in total. The molecular formula is C16H13ClN2O3. The van der Waals surface area contributed by atoms with Crippen LogP contribution in [0.5, 0.6) is 0 Å². The summed E-state index contributed by atoms with van der Waals surface area (Å²) in [4.78, 5) is 22.1. The zero-order chi connectivity index (χ0) is 15.9. The Labute approximate surface area is 132 Å². The Hall–Kier alpha value is -2.66. The van der Waals surface area contributed by atoms with Gasteiger partial charge in [0.2, 0.25) is 5.91 Å². The highest BCUT2D eigenvalue weighted by Gasteiger charge is 2.09. The predicted molar refractivity (Wildman–Crippen MR) is 85.4 cm³/mol. The molecule has 0 fully saturated rings. The summed E-state index contributed by atoms with van der Waals surface area (Å²) < 4.78 is 0. The SMILES string of the molecule is O=C(/C=C/c1ccccc1[N+](=O)[O-])NCc1cccc(Cl)c1. The van der Waals surface area contributed by atoms with E-state index in [0.717, 1.165) is 5.56 Å². The summed E-state index contributed by atoms with van der Waals surface area (Å²) in [5.74, 6) is -0.335. The molecule has 0 aliphatic rings. The molecule has 0 bridgehead atoms. The van der Waals surface area contributed by atoms with Crippen molar-refractivity contribution in [1.29, 1.82) is 0 Å². The molecule has 0 aromatic heterocycles. The van der Waals surface area contributed by atoms with E-state index in [0.29, 0.717) is 17.1 Å². The first-order chi connectivity index (χ1) is 10.6. The number of rotatable bonds is 5. The van der Waals surface area contributed by atoms with Crippen LogP contribution in [-0.2, 0) is 11.3 Å². The summed E-state index contributed by atoms with van der Waals surface area (Å²) in [7, 11) is 0. The van der Waals surface area contributed by atoms with Crippen molar-refractivity contribution in [2.24, 2.45) is 0 Å². The molecule has 0 saturated carbocycles. The van der Waals surface area contributed by atoms with Crippen LogP contribution in [0.3, 0.4) is 0 Å². The largest absolute Gasteiger partial charge is 0.348 e. The molecule has 0 radical (unpaired) electrons. The third-order valence-electron chi connectivity index (χ3n) is 2.90. The number of nitrogens with zero attached hydrogens (tertiary/aromatic N) is 1. The molecule has 0 spiro atoms. The zero-order valence-corrected chi connectivity index (χ0v) is 12.3. The quantitative estimate of drug-likeness (QED) is 0.520. The van der Waals surface area contributed by atoms with E-state index in [1.165, 1.54) is 18.2 Å². The predicted octanol–water partition coefficient (Wildman–Crippen LogP) is 3.58. The minimum absolute atomic E-state index is 0.0404. The van der Waals surface area contributed by atoms with Crippen LogP contribution in [0.1, 0.15) is 11.1 Å². The Balaban J connectivity index is 1.99. The van der Waals surface area contributed by atoms with E-state index in [2.05, 4.69) is 5.32 Å². The van der Waals surface area contributed by atoms with Crippen LogP contribution in [0.25, 0.3) is 6.08 Å². The first-order valence-corrected chi connectivity index (χ1v) is 6.88. The summed E-state index contributed by atoms with van der Waals surface area (Å²) >= 11 is 5.86. The lowest BCUT2D eigenvalue weighted by Crippen LogP contribution is -2.20. The van der Waals surface area contributed by atoms with Crippen LogP contribution in [0.4, 0.5) is 5.69 Å². The molecule has 0 aliphatic carbocycles. The highest BCUT2D eigenvalue weighted by atomic mass is 35.5. The molecule has 0 aliphatic heterocycles. The van der Waals surface area contributed by atoms with Crippen molar-refractivity contribution in [1.82, 2.24) is 5.32 Å². The van der Waals surface area contributed by atoms with Crippen LogP contribution >= 0.6 is 11.6 Å². The topological polar surface area (TPSA) is 72.2 Å². The summed E-state index contributed by atoms with van der Waals surface area (Å²) in [6, 6.07) is 13.4. The number of hydrogen-bond acceptors (Lipinski definition) is 3. The van der Waals surface area contributed by atoms with E-state index in [9.17, 15) is 14.9 Å². The molecule has 22 heavy (non-hydrogen) atoms. The van der Waals surface area contributed by atoms with Gasteiger partial charge in [-0.25, -0.2) is 0 Å². The van der Waals surface area contributed by atoms with Crippen LogP contribution < -0.4 is 5.32 Å². The van der Waals surface area contributed by atoms with Crippen molar-refractivity contribution < 1.29 is 9.72 Å². The van der Waals surface area contributed by atoms with Gasteiger partial charge in [0.25, 0.3) is 5.69 Å². The number of carbonyl (C=O) groups is 1. The number of benzene rings is 2. The fraction of sp³-hybridized carbons (Fsp3) is 0.0625. The molecule has 2 aromatic rings. The average molecular weight is 317 g/mol. The van der Waals surface area contributed by atoms with Gasteiger partial charge in [-0.3, -0.25) is 14.9 Å². The van der Waals surface area contributed by atoms with Gasteiger partial charge in [0.15, 0.2) is 0 Å². The second kappa shape index (κ2) is 7.38. The fourth-order valence-electron chi connectivity index (χ4n) is 1.86. The molecule has 6 heteroatoms. The third kappa shape index (κ3) is 4.43. The Kier molecular flexibility index (Phi) is 5.27. The number of halogens is 1. The van der Waals surface area contributed by atoms with E-state index in [1.54, 1.807) is 36.4 Å². The molecule has 5 nitrogen and oxygen atoms in total. The van der Waals surface area contributed by atoms with Gasteiger partial charge >= 0.3 is 0 Å². The Bertz CT molecular complexity index is 729. The highest BCUT2D eigenvalue weighted by molar-refractivity contribution is 6.30. The van der Waals surface area contributed by atoms with Crippen LogP contribution in [0.15, 0.2) is 54.6 Å². The number of nitrogens with one attached hydrogen (secondary N) is 1. The Morgan fingerprint density at radius 1 is 1.23 bits per heavy atom. The normalized spacial score (nSPS) is 10.6. The molecule has 0 atom stereocenters. The first kappa shape index (κ1) is 15.7. The third-order valence-corrected chi connectivity index (χ3v) is 3.14. The lowest BCUT2D eigenvalue weighted by Gasteiger charge is -2.03. The van der Waals surface area contributed by atoms with E-state index >= 15 is 0 Å². The van der Waals surface area contributed by atoms with Crippen molar-refractivity contribution >= 4 is 29.3 Å². The van der Waals surface area contributed by atoms with E-state index < -0.39 is 4.92 Å². The van der Waals surface area contributed by atoms with Gasteiger partial charge in [-0.05, 0) is 29.8 Å². The Morgan fingerprint density at radius 3 is 2.73 bits per heavy atom. The van der Waals surface area contributed by atoms with Gasteiger partial charge in [-0.1, -0.05) is 35.9 Å². The van der Waals surface area contributed by atoms with E-state index in [1.807, 2.05) is 6.07 Å². The average Bonchev–Trinajstić information content (AvgIpc) is 2.51. The maximum atomic E-state index is 11.8. The van der Waals surface area contributed by atoms with Crippen LogP contribution in [0, 0.1) is 10.1 Å². The van der Waals surface area contributed by atoms with Gasteiger partial charge < -0.3 is 5.32 Å². The summed E-state index contributed by atoms with van der Waals surface area (Å²) in [6.07, 6.45) is 2.69. The molecule has 1 amide bonds. The van der Waals surface area contributed by atoms with Gasteiger partial charge in [0.1, 0.15) is 0 Å². The van der Waals surface area contributed by atoms with Crippen LogP contribution in [0.2, 0.25) is 5.02 Å². The highest BCUT2D eigenvalue weighted by Crippen LogP contribution is 2.18. The number of carbonyl (C=O) groups excluding carboxylic acids is 1. The smallest absolute Gasteiger partial charge is 0.276 e. The number of nitro benzene ring substituents is 1. The zero-order valence-electron chi connectivity index (χ0n) is 11.5. The number of nitro groups is 1. The first-order valence-electron chi connectivity index (χ1n) is 6.50. The minimum atomic E-state index is -0.483. The molecule has 0 unspecified atom stereocenters. The molecule has 112 valence electrons. The van der Waals surface area contributed by atoms with E-state index in [4.69, 9.17) is 11.6 Å². The lowest BCUT2D eigenvalue weighted by atomic mass is 10.1. The van der Waals surface area contributed by atoms with Crippen molar-refractivity contribution in [3.05, 3.63) is 80.9 Å². The lowest BCUT2D eigenvalue weighted by molar-refractivity contribution is -0.385. The molecule has 0 heterocycles. The second-order valence-electron chi connectivity index (χ2n) is 4.50. The summed E-state index contributed by atoms with van der Waals surface area (Å²) in [5.41, 5.74) is 1.21. The number of amides is 1. The van der Waals surface area contributed by atoms with Gasteiger partial charge in [-0.15, -0.1) is 0 Å². The monoisotopic (exact) mass is 316 g/mol. The maximum absolute atomic E-state index is 11.8. The molecule has 2 aromatic carbocycles. The van der Waals surface area contributed by atoms with Crippen molar-refractivity contribution in [2.75, 3.05) is 0 Å². The van der Waals surface area contributed by atoms with Crippen LogP contribution in [-0.4, -0.2) is 10.8 Å². The van der Waals surface area contributed by atoms with Crippen molar-refractivity contribution in [2.45, 2.75) is 6.54 Å². The van der Waals surface area contributed by atoms with Gasteiger partial charge in [0, 0.05) is 23.7 Å². The molecular weight excluding hydrogens is 304 g/mol. The van der Waals surface area contributed by atoms with E-state index in [-0.39, 0.29) is 11.6 Å².